The molecule has 1 atom stereocenters. The Morgan fingerprint density at radius 3 is 2.04 bits per heavy atom. The lowest BCUT2D eigenvalue weighted by molar-refractivity contribution is 0.0360. The SMILES string of the molecule is CC[C@@](COC(=O)c1cc(OC)c(OC)c(OC)c1)(NC)c1ccccc1. The highest BCUT2D eigenvalue weighted by Gasteiger charge is 2.30. The Bertz CT molecular complexity index is 731. The van der Waals surface area contributed by atoms with Gasteiger partial charge in [-0.15, -0.1) is 0 Å². The van der Waals surface area contributed by atoms with Crippen LogP contribution in [0, 0.1) is 0 Å². The lowest BCUT2D eigenvalue weighted by Crippen LogP contribution is -2.44. The van der Waals surface area contributed by atoms with Gasteiger partial charge in [0.05, 0.1) is 32.4 Å². The highest BCUT2D eigenvalue weighted by atomic mass is 16.5. The minimum atomic E-state index is -0.461. The zero-order chi connectivity index (χ0) is 19.9. The van der Waals surface area contributed by atoms with Gasteiger partial charge in [-0.05, 0) is 31.2 Å². The molecule has 6 heteroatoms. The molecule has 0 aromatic heterocycles. The lowest BCUT2D eigenvalue weighted by Gasteiger charge is -2.32. The van der Waals surface area contributed by atoms with Crippen molar-refractivity contribution in [2.75, 3.05) is 35.0 Å². The van der Waals surface area contributed by atoms with Crippen LogP contribution in [0.15, 0.2) is 42.5 Å². The number of likely N-dealkylation sites (N-methyl/N-ethyl adjacent to an activating group) is 1. The Balaban J connectivity index is 2.26. The number of esters is 1. The summed E-state index contributed by atoms with van der Waals surface area (Å²) >= 11 is 0. The van der Waals surface area contributed by atoms with Crippen LogP contribution in [0.25, 0.3) is 0 Å². The van der Waals surface area contributed by atoms with E-state index in [2.05, 4.69) is 12.2 Å². The van der Waals surface area contributed by atoms with E-state index < -0.39 is 11.5 Å². The molecular formula is C21H27NO5. The second kappa shape index (κ2) is 9.28. The molecule has 0 saturated heterocycles. The van der Waals surface area contributed by atoms with E-state index in [0.29, 0.717) is 22.8 Å². The molecule has 0 amide bonds. The van der Waals surface area contributed by atoms with Gasteiger partial charge in [-0.3, -0.25) is 0 Å². The van der Waals surface area contributed by atoms with E-state index in [1.807, 2.05) is 37.4 Å². The maximum atomic E-state index is 12.7. The first-order valence-corrected chi connectivity index (χ1v) is 8.76. The van der Waals surface area contributed by atoms with Gasteiger partial charge in [-0.25, -0.2) is 4.79 Å². The third kappa shape index (κ3) is 4.34. The number of nitrogens with one attached hydrogen (secondary N) is 1. The van der Waals surface area contributed by atoms with Crippen LogP contribution in [0.3, 0.4) is 0 Å². The van der Waals surface area contributed by atoms with E-state index >= 15 is 0 Å². The van der Waals surface area contributed by atoms with Gasteiger partial charge < -0.3 is 24.3 Å². The van der Waals surface area contributed by atoms with Crippen LogP contribution in [0.1, 0.15) is 29.3 Å². The van der Waals surface area contributed by atoms with Crippen LogP contribution in [-0.4, -0.2) is 41.0 Å². The van der Waals surface area contributed by atoms with Gasteiger partial charge in [0, 0.05) is 0 Å². The molecule has 146 valence electrons. The zero-order valence-corrected chi connectivity index (χ0v) is 16.5. The fraction of sp³-hybridized carbons (Fsp3) is 0.381. The topological polar surface area (TPSA) is 66.0 Å². The van der Waals surface area contributed by atoms with Crippen molar-refractivity contribution in [1.82, 2.24) is 5.32 Å². The largest absolute Gasteiger partial charge is 0.493 e. The highest BCUT2D eigenvalue weighted by molar-refractivity contribution is 5.91. The predicted octanol–water partition coefficient (Wildman–Crippen LogP) is 3.39. The summed E-state index contributed by atoms with van der Waals surface area (Å²) in [6.07, 6.45) is 0.760. The number of methoxy groups -OCH3 is 3. The molecule has 2 aromatic rings. The fourth-order valence-electron chi connectivity index (χ4n) is 3.01. The summed E-state index contributed by atoms with van der Waals surface area (Å²) in [5.41, 5.74) is 0.934. The summed E-state index contributed by atoms with van der Waals surface area (Å²) in [7, 11) is 6.39. The van der Waals surface area contributed by atoms with Gasteiger partial charge in [-0.2, -0.15) is 0 Å². The van der Waals surface area contributed by atoms with E-state index in [-0.39, 0.29) is 6.61 Å². The molecular weight excluding hydrogens is 346 g/mol. The van der Waals surface area contributed by atoms with Crippen LogP contribution in [-0.2, 0) is 10.3 Å². The molecule has 0 radical (unpaired) electrons. The Morgan fingerprint density at radius 1 is 1.00 bits per heavy atom. The Hall–Kier alpha value is -2.73. The second-order valence-electron chi connectivity index (χ2n) is 6.04. The van der Waals surface area contributed by atoms with Crippen molar-refractivity contribution in [2.24, 2.45) is 0 Å². The number of benzene rings is 2. The molecule has 2 rings (SSSR count). The van der Waals surface area contributed by atoms with E-state index in [1.54, 1.807) is 12.1 Å². The fourth-order valence-corrected chi connectivity index (χ4v) is 3.01. The van der Waals surface area contributed by atoms with E-state index in [0.717, 1.165) is 12.0 Å². The molecule has 0 unspecified atom stereocenters. The first kappa shape index (κ1) is 20.6. The number of carbonyl (C=O) groups is 1. The normalized spacial score (nSPS) is 12.8. The summed E-state index contributed by atoms with van der Waals surface area (Å²) < 4.78 is 21.5. The van der Waals surface area contributed by atoms with Gasteiger partial charge in [0.25, 0.3) is 0 Å². The Morgan fingerprint density at radius 2 is 1.59 bits per heavy atom. The number of rotatable bonds is 9. The molecule has 0 aliphatic heterocycles. The van der Waals surface area contributed by atoms with Crippen molar-refractivity contribution < 1.29 is 23.7 Å². The molecule has 0 saturated carbocycles. The molecule has 0 spiro atoms. The summed E-state index contributed by atoms with van der Waals surface area (Å²) in [6, 6.07) is 13.1. The number of carbonyl (C=O) groups excluding carboxylic acids is 1. The van der Waals surface area contributed by atoms with Crippen LogP contribution in [0.2, 0.25) is 0 Å². The van der Waals surface area contributed by atoms with Crippen LogP contribution in [0.4, 0.5) is 0 Å². The average molecular weight is 373 g/mol. The minimum Gasteiger partial charge on any atom is -0.493 e. The highest BCUT2D eigenvalue weighted by Crippen LogP contribution is 2.38. The van der Waals surface area contributed by atoms with Crippen molar-refractivity contribution >= 4 is 5.97 Å². The molecule has 0 bridgehead atoms. The first-order valence-electron chi connectivity index (χ1n) is 8.76. The first-order chi connectivity index (χ1) is 13.0. The number of ether oxygens (including phenoxy) is 4. The third-order valence-electron chi connectivity index (χ3n) is 4.76. The quantitative estimate of drug-likeness (QED) is 0.680. The van der Waals surface area contributed by atoms with E-state index in [9.17, 15) is 4.79 Å². The molecule has 0 heterocycles. The van der Waals surface area contributed by atoms with E-state index in [1.165, 1.54) is 21.3 Å². The predicted molar refractivity (Wildman–Crippen MR) is 104 cm³/mol. The summed E-state index contributed by atoms with van der Waals surface area (Å²) in [4.78, 5) is 12.7. The maximum Gasteiger partial charge on any atom is 0.338 e. The smallest absolute Gasteiger partial charge is 0.338 e. The molecule has 2 aromatic carbocycles. The molecule has 0 aliphatic rings. The van der Waals surface area contributed by atoms with Crippen molar-refractivity contribution in [2.45, 2.75) is 18.9 Å². The zero-order valence-electron chi connectivity index (χ0n) is 16.5. The second-order valence-corrected chi connectivity index (χ2v) is 6.04. The minimum absolute atomic E-state index is 0.194. The van der Waals surface area contributed by atoms with Crippen LogP contribution in [0.5, 0.6) is 17.2 Å². The van der Waals surface area contributed by atoms with Gasteiger partial charge in [-0.1, -0.05) is 37.3 Å². The molecule has 27 heavy (non-hydrogen) atoms. The Labute approximate surface area is 160 Å². The average Bonchev–Trinajstić information content (AvgIpc) is 2.74. The maximum absolute atomic E-state index is 12.7. The summed E-state index contributed by atoms with van der Waals surface area (Å²) in [5, 5.41) is 3.31. The van der Waals surface area contributed by atoms with Crippen molar-refractivity contribution in [1.29, 1.82) is 0 Å². The van der Waals surface area contributed by atoms with Crippen molar-refractivity contribution in [3.05, 3.63) is 53.6 Å². The van der Waals surface area contributed by atoms with Gasteiger partial charge >= 0.3 is 5.97 Å². The number of hydrogen-bond donors (Lipinski definition) is 1. The summed E-state index contributed by atoms with van der Waals surface area (Å²) in [5.74, 6) is 0.779. The molecule has 0 fully saturated rings. The van der Waals surface area contributed by atoms with Gasteiger partial charge in [0.2, 0.25) is 5.75 Å². The van der Waals surface area contributed by atoms with Gasteiger partial charge in [0.1, 0.15) is 6.61 Å². The monoisotopic (exact) mass is 373 g/mol. The summed E-state index contributed by atoms with van der Waals surface area (Å²) in [6.45, 7) is 2.25. The van der Waals surface area contributed by atoms with E-state index in [4.69, 9.17) is 18.9 Å². The van der Waals surface area contributed by atoms with Crippen LogP contribution < -0.4 is 19.5 Å². The third-order valence-corrected chi connectivity index (χ3v) is 4.76. The molecule has 0 aliphatic carbocycles. The van der Waals surface area contributed by atoms with Crippen LogP contribution >= 0.6 is 0 Å². The van der Waals surface area contributed by atoms with Crippen molar-refractivity contribution in [3.8, 4) is 17.2 Å². The molecule has 1 N–H and O–H groups in total. The standard InChI is InChI=1S/C21H27NO5/c1-6-21(22-2,16-10-8-7-9-11-16)14-27-20(23)15-12-17(24-3)19(26-5)18(13-15)25-4/h7-13,22H,6,14H2,1-5H3/t21-/m0/s1. The Kier molecular flexibility index (Phi) is 7.07. The number of hydrogen-bond acceptors (Lipinski definition) is 6. The molecule has 6 nitrogen and oxygen atoms in total. The lowest BCUT2D eigenvalue weighted by atomic mass is 9.88. The van der Waals surface area contributed by atoms with Gasteiger partial charge in [0.15, 0.2) is 11.5 Å². The van der Waals surface area contributed by atoms with Crippen molar-refractivity contribution in [3.63, 3.8) is 0 Å².